The van der Waals surface area contributed by atoms with Gasteiger partial charge < -0.3 is 0 Å². The van der Waals surface area contributed by atoms with Crippen molar-refractivity contribution in [2.75, 3.05) is 0 Å². The number of benzene rings is 1. The third kappa shape index (κ3) is 2.24. The third-order valence-corrected chi connectivity index (χ3v) is 2.19. The van der Waals surface area contributed by atoms with Crippen LogP contribution in [0.25, 0.3) is 5.57 Å². The first-order chi connectivity index (χ1) is 6.56. The molecule has 0 saturated heterocycles. The van der Waals surface area contributed by atoms with Crippen molar-refractivity contribution in [1.82, 2.24) is 0 Å². The Morgan fingerprint density at radius 3 is 2.57 bits per heavy atom. The van der Waals surface area contributed by atoms with Crippen LogP contribution >= 0.6 is 23.2 Å². The Kier molecular flexibility index (Phi) is 3.48. The number of hydrogen-bond donors (Lipinski definition) is 0. The Labute approximate surface area is 91.1 Å². The molecule has 1 rings (SSSR count). The highest BCUT2D eigenvalue weighted by Gasteiger charge is 2.13. The van der Waals surface area contributed by atoms with Crippen LogP contribution in [0, 0.1) is 6.92 Å². The Morgan fingerprint density at radius 1 is 1.43 bits per heavy atom. The molecule has 14 heavy (non-hydrogen) atoms. The van der Waals surface area contributed by atoms with Crippen molar-refractivity contribution in [3.05, 3.63) is 34.3 Å². The molecule has 0 aliphatic rings. The van der Waals surface area contributed by atoms with Crippen LogP contribution in [0.3, 0.4) is 0 Å². The van der Waals surface area contributed by atoms with Crippen LogP contribution in [0.1, 0.15) is 11.1 Å². The number of hydrogen-bond acceptors (Lipinski definition) is 2. The monoisotopic (exact) mass is 228 g/mol. The summed E-state index contributed by atoms with van der Waals surface area (Å²) in [5.41, 5.74) is 0.987. The molecule has 1 aromatic rings. The van der Waals surface area contributed by atoms with Crippen molar-refractivity contribution in [2.45, 2.75) is 6.92 Å². The van der Waals surface area contributed by atoms with Gasteiger partial charge in [0.05, 0.1) is 0 Å². The summed E-state index contributed by atoms with van der Waals surface area (Å²) < 4.78 is 0. The quantitative estimate of drug-likeness (QED) is 0.443. The second-order valence-electron chi connectivity index (χ2n) is 2.71. The minimum Gasteiger partial charge on any atom is -0.275 e. The van der Waals surface area contributed by atoms with E-state index in [-0.39, 0.29) is 5.57 Å². The first kappa shape index (κ1) is 11.0. The maximum Gasteiger partial charge on any atom is 0.264 e. The maximum absolute atomic E-state index is 10.9. The van der Waals surface area contributed by atoms with E-state index < -0.39 is 5.24 Å². The minimum atomic E-state index is -0.828. The van der Waals surface area contributed by atoms with Crippen molar-refractivity contribution >= 4 is 40.0 Å². The van der Waals surface area contributed by atoms with E-state index in [0.717, 1.165) is 5.56 Å². The van der Waals surface area contributed by atoms with Crippen molar-refractivity contribution in [2.24, 2.45) is 0 Å². The molecule has 0 aromatic heterocycles. The van der Waals surface area contributed by atoms with Crippen LogP contribution in [0.15, 0.2) is 18.2 Å². The average Bonchev–Trinajstić information content (AvgIpc) is 2.11. The molecule has 0 amide bonds. The summed E-state index contributed by atoms with van der Waals surface area (Å²) in [4.78, 5) is 21.4. The van der Waals surface area contributed by atoms with Crippen LogP contribution in [-0.2, 0) is 9.59 Å². The third-order valence-electron chi connectivity index (χ3n) is 1.77. The molecule has 0 saturated carbocycles. The highest BCUT2D eigenvalue weighted by atomic mass is 35.5. The fourth-order valence-electron chi connectivity index (χ4n) is 1.06. The summed E-state index contributed by atoms with van der Waals surface area (Å²) in [5.74, 6) is 1.51. The van der Waals surface area contributed by atoms with Gasteiger partial charge >= 0.3 is 0 Å². The first-order valence-electron chi connectivity index (χ1n) is 3.77. The Bertz CT molecular complexity index is 432. The molecule has 0 radical (unpaired) electrons. The summed E-state index contributed by atoms with van der Waals surface area (Å²) in [6, 6.07) is 4.88. The predicted octanol–water partition coefficient (Wildman–Crippen LogP) is 2.63. The number of rotatable bonds is 2. The largest absolute Gasteiger partial charge is 0.275 e. The molecule has 0 bridgehead atoms. The van der Waals surface area contributed by atoms with Gasteiger partial charge in [-0.15, -0.1) is 0 Å². The lowest BCUT2D eigenvalue weighted by Gasteiger charge is -2.03. The van der Waals surface area contributed by atoms with Gasteiger partial charge in [0.15, 0.2) is 0 Å². The maximum atomic E-state index is 10.9. The zero-order valence-corrected chi connectivity index (χ0v) is 8.82. The van der Waals surface area contributed by atoms with Gasteiger partial charge in [0.1, 0.15) is 11.5 Å². The van der Waals surface area contributed by atoms with Crippen LogP contribution in [0.4, 0.5) is 0 Å². The molecule has 2 nitrogen and oxygen atoms in total. The van der Waals surface area contributed by atoms with Crippen LogP contribution in [-0.4, -0.2) is 11.2 Å². The number of allylic oxidation sites excluding steroid dienone is 1. The van der Waals surface area contributed by atoms with E-state index in [2.05, 4.69) is 0 Å². The second-order valence-corrected chi connectivity index (χ2v) is 3.49. The standard InChI is InChI=1S/C10H6Cl2O2/c1-6-2-3-7(11)4-8(6)9(5-13)10(12)14/h2-4H,1H3. The van der Waals surface area contributed by atoms with Crippen LogP contribution < -0.4 is 0 Å². The fourth-order valence-corrected chi connectivity index (χ4v) is 1.38. The predicted molar refractivity (Wildman–Crippen MR) is 56.1 cm³/mol. The lowest BCUT2D eigenvalue weighted by molar-refractivity contribution is -0.106. The molecule has 0 fully saturated rings. The summed E-state index contributed by atoms with van der Waals surface area (Å²) in [6.45, 7) is 1.75. The van der Waals surface area contributed by atoms with Crippen LogP contribution in [0.5, 0.6) is 0 Å². The Hall–Kier alpha value is -1.08. The molecule has 0 atom stereocenters. The highest BCUT2D eigenvalue weighted by molar-refractivity contribution is 6.75. The Balaban J connectivity index is 3.37. The molecular formula is C10H6Cl2O2. The van der Waals surface area contributed by atoms with Gasteiger partial charge in [-0.25, -0.2) is 4.79 Å². The second kappa shape index (κ2) is 4.43. The molecule has 0 heterocycles. The van der Waals surface area contributed by atoms with E-state index in [1.807, 2.05) is 0 Å². The molecular weight excluding hydrogens is 223 g/mol. The highest BCUT2D eigenvalue weighted by Crippen LogP contribution is 2.22. The lowest BCUT2D eigenvalue weighted by Crippen LogP contribution is -1.96. The smallest absolute Gasteiger partial charge is 0.264 e. The molecule has 72 valence electrons. The zero-order chi connectivity index (χ0) is 10.7. The number of carbonyl (C=O) groups excluding carboxylic acids is 2. The van der Waals surface area contributed by atoms with Crippen molar-refractivity contribution in [3.63, 3.8) is 0 Å². The molecule has 0 N–H and O–H groups in total. The number of aryl methyl sites for hydroxylation is 1. The van der Waals surface area contributed by atoms with Gasteiger partial charge in [0.2, 0.25) is 0 Å². The van der Waals surface area contributed by atoms with Gasteiger partial charge in [-0.2, -0.15) is 0 Å². The lowest BCUT2D eigenvalue weighted by atomic mass is 10.0. The van der Waals surface area contributed by atoms with E-state index in [4.69, 9.17) is 23.2 Å². The molecule has 1 aromatic carbocycles. The van der Waals surface area contributed by atoms with Gasteiger partial charge in [-0.1, -0.05) is 17.7 Å². The van der Waals surface area contributed by atoms with E-state index in [1.54, 1.807) is 19.1 Å². The fraction of sp³-hybridized carbons (Fsp3) is 0.100. The van der Waals surface area contributed by atoms with E-state index >= 15 is 0 Å². The molecule has 4 heteroatoms. The summed E-state index contributed by atoms with van der Waals surface area (Å²) >= 11 is 10.9. The first-order valence-corrected chi connectivity index (χ1v) is 4.53. The molecule has 0 aliphatic carbocycles. The van der Waals surface area contributed by atoms with Gasteiger partial charge in [-0.05, 0) is 36.2 Å². The number of halogens is 2. The van der Waals surface area contributed by atoms with E-state index in [1.165, 1.54) is 12.0 Å². The summed E-state index contributed by atoms with van der Waals surface area (Å²) in [5, 5.41) is -0.387. The van der Waals surface area contributed by atoms with E-state index in [9.17, 15) is 9.59 Å². The summed E-state index contributed by atoms with van der Waals surface area (Å²) in [6.07, 6.45) is 0. The molecule has 0 spiro atoms. The van der Waals surface area contributed by atoms with Crippen molar-refractivity contribution in [3.8, 4) is 0 Å². The molecule has 0 unspecified atom stereocenters. The summed E-state index contributed by atoms with van der Waals surface area (Å²) in [7, 11) is 0. The average molecular weight is 229 g/mol. The zero-order valence-electron chi connectivity index (χ0n) is 7.30. The van der Waals surface area contributed by atoms with Gasteiger partial charge in [0.25, 0.3) is 5.24 Å². The Morgan fingerprint density at radius 2 is 2.07 bits per heavy atom. The SMILES string of the molecule is Cc1ccc(Cl)cc1C(=C=O)C(=O)Cl. The number of carbonyl (C=O) groups is 1. The van der Waals surface area contributed by atoms with Gasteiger partial charge in [-0.3, -0.25) is 4.79 Å². The van der Waals surface area contributed by atoms with Gasteiger partial charge in [0, 0.05) is 10.6 Å². The molecule has 0 aliphatic heterocycles. The van der Waals surface area contributed by atoms with Crippen molar-refractivity contribution in [1.29, 1.82) is 0 Å². The van der Waals surface area contributed by atoms with Crippen LogP contribution in [0.2, 0.25) is 5.02 Å². The minimum absolute atomic E-state index is 0.188. The van der Waals surface area contributed by atoms with E-state index in [0.29, 0.717) is 10.6 Å². The van der Waals surface area contributed by atoms with Crippen molar-refractivity contribution < 1.29 is 9.59 Å². The topological polar surface area (TPSA) is 34.1 Å². The normalized spacial score (nSPS) is 9.36.